The summed E-state index contributed by atoms with van der Waals surface area (Å²) in [4.78, 5) is 0. The molecule has 0 aliphatic carbocycles. The molecule has 0 saturated carbocycles. The average molecular weight is 240 g/mol. The Morgan fingerprint density at radius 2 is 2.33 bits per heavy atom. The van der Waals surface area contributed by atoms with Crippen molar-refractivity contribution in [3.05, 3.63) is 35.5 Å². The highest BCUT2D eigenvalue weighted by Crippen LogP contribution is 2.31. The van der Waals surface area contributed by atoms with E-state index in [1.807, 2.05) is 0 Å². The van der Waals surface area contributed by atoms with E-state index in [9.17, 15) is 0 Å². The molecule has 2 aromatic rings. The van der Waals surface area contributed by atoms with Crippen LogP contribution in [0.3, 0.4) is 0 Å². The summed E-state index contributed by atoms with van der Waals surface area (Å²) in [6, 6.07) is 6.83. The zero-order valence-electron chi connectivity index (χ0n) is 10.8. The minimum Gasteiger partial charge on any atom is -0.347 e. The van der Waals surface area contributed by atoms with Crippen LogP contribution in [0.4, 0.5) is 0 Å². The summed E-state index contributed by atoms with van der Waals surface area (Å²) in [7, 11) is 0. The number of aryl methyl sites for hydroxylation is 2. The van der Waals surface area contributed by atoms with Crippen LogP contribution in [-0.4, -0.2) is 17.7 Å². The third-order valence-electron chi connectivity index (χ3n) is 4.59. The molecule has 1 N–H and O–H groups in total. The monoisotopic (exact) mass is 240 g/mol. The Balaban J connectivity index is 1.71. The molecule has 0 radical (unpaired) electrons. The molecule has 94 valence electrons. The fraction of sp³-hybridized carbons (Fsp3) is 0.500. The molecule has 2 heteroatoms. The van der Waals surface area contributed by atoms with Gasteiger partial charge in [0.2, 0.25) is 0 Å². The van der Waals surface area contributed by atoms with Crippen LogP contribution in [0.15, 0.2) is 24.4 Å². The first-order chi connectivity index (χ1) is 8.92. The number of rotatable bonds is 2. The quantitative estimate of drug-likeness (QED) is 0.854. The Morgan fingerprint density at radius 1 is 1.33 bits per heavy atom. The van der Waals surface area contributed by atoms with Crippen LogP contribution in [0.25, 0.3) is 10.9 Å². The van der Waals surface area contributed by atoms with E-state index < -0.39 is 0 Å². The van der Waals surface area contributed by atoms with Gasteiger partial charge in [-0.2, -0.15) is 0 Å². The smallest absolute Gasteiger partial charge is 0.0516 e. The topological polar surface area (TPSA) is 17.0 Å². The van der Waals surface area contributed by atoms with Gasteiger partial charge in [-0.3, -0.25) is 0 Å². The number of hydrogen-bond acceptors (Lipinski definition) is 1. The molecule has 18 heavy (non-hydrogen) atoms. The second kappa shape index (κ2) is 4.13. The van der Waals surface area contributed by atoms with Gasteiger partial charge in [0, 0.05) is 18.1 Å². The molecule has 3 heterocycles. The van der Waals surface area contributed by atoms with Crippen molar-refractivity contribution in [3.63, 3.8) is 0 Å². The van der Waals surface area contributed by atoms with Gasteiger partial charge in [-0.1, -0.05) is 18.2 Å². The van der Waals surface area contributed by atoms with Gasteiger partial charge < -0.3 is 9.88 Å². The predicted molar refractivity (Wildman–Crippen MR) is 74.9 cm³/mol. The van der Waals surface area contributed by atoms with Crippen LogP contribution < -0.4 is 5.32 Å². The lowest BCUT2D eigenvalue weighted by molar-refractivity contribution is 0.376. The molecule has 0 amide bonds. The largest absolute Gasteiger partial charge is 0.347 e. The number of nitrogens with one attached hydrogen (secondary N) is 1. The zero-order chi connectivity index (χ0) is 11.9. The van der Waals surface area contributed by atoms with E-state index >= 15 is 0 Å². The molecular weight excluding hydrogens is 220 g/mol. The summed E-state index contributed by atoms with van der Waals surface area (Å²) in [5, 5.41) is 5.04. The summed E-state index contributed by atoms with van der Waals surface area (Å²) in [6.45, 7) is 3.59. The number of benzene rings is 1. The molecule has 2 aliphatic rings. The van der Waals surface area contributed by atoms with Gasteiger partial charge in [-0.25, -0.2) is 0 Å². The van der Waals surface area contributed by atoms with Gasteiger partial charge in [0.25, 0.3) is 0 Å². The lowest BCUT2D eigenvalue weighted by atomic mass is 9.92. The maximum absolute atomic E-state index is 3.53. The van der Waals surface area contributed by atoms with E-state index in [0.29, 0.717) is 0 Å². The molecular formula is C16H20N2. The van der Waals surface area contributed by atoms with Crippen LogP contribution in [0.5, 0.6) is 0 Å². The fourth-order valence-electron chi connectivity index (χ4n) is 3.70. The fourth-order valence-corrected chi connectivity index (χ4v) is 3.70. The van der Waals surface area contributed by atoms with Crippen molar-refractivity contribution >= 4 is 10.9 Å². The Kier molecular flexibility index (Phi) is 2.44. The van der Waals surface area contributed by atoms with Crippen molar-refractivity contribution in [2.45, 2.75) is 32.2 Å². The Hall–Kier alpha value is -1.28. The van der Waals surface area contributed by atoms with Crippen molar-refractivity contribution < 1.29 is 0 Å². The normalized spacial score (nSPS) is 22.8. The van der Waals surface area contributed by atoms with Crippen molar-refractivity contribution in [2.24, 2.45) is 5.92 Å². The number of nitrogens with zero attached hydrogens (tertiary/aromatic N) is 1. The van der Waals surface area contributed by atoms with Crippen LogP contribution >= 0.6 is 0 Å². The molecule has 2 nitrogen and oxygen atoms in total. The predicted octanol–water partition coefficient (Wildman–Crippen LogP) is 2.74. The minimum absolute atomic E-state index is 0.834. The Morgan fingerprint density at radius 3 is 3.22 bits per heavy atom. The van der Waals surface area contributed by atoms with Crippen molar-refractivity contribution in [3.8, 4) is 0 Å². The second-order valence-electron chi connectivity index (χ2n) is 5.83. The molecule has 1 atom stereocenters. The van der Waals surface area contributed by atoms with Gasteiger partial charge in [0.05, 0.1) is 5.52 Å². The van der Waals surface area contributed by atoms with Crippen molar-refractivity contribution in [2.75, 3.05) is 13.1 Å². The first-order valence-corrected chi connectivity index (χ1v) is 7.22. The Bertz CT molecular complexity index is 576. The molecule has 1 aromatic heterocycles. The molecule has 2 aliphatic heterocycles. The van der Waals surface area contributed by atoms with Crippen molar-refractivity contribution in [1.29, 1.82) is 0 Å². The molecule has 1 saturated heterocycles. The van der Waals surface area contributed by atoms with Crippen LogP contribution in [0, 0.1) is 5.92 Å². The number of aromatic nitrogens is 1. The summed E-state index contributed by atoms with van der Waals surface area (Å²) >= 11 is 0. The van der Waals surface area contributed by atoms with Gasteiger partial charge >= 0.3 is 0 Å². The van der Waals surface area contributed by atoms with Crippen LogP contribution in [0.1, 0.15) is 24.0 Å². The van der Waals surface area contributed by atoms with E-state index in [-0.39, 0.29) is 0 Å². The molecule has 0 bridgehead atoms. The Labute approximate surface area is 108 Å². The van der Waals surface area contributed by atoms with E-state index in [1.165, 1.54) is 56.2 Å². The summed E-state index contributed by atoms with van der Waals surface area (Å²) in [6.07, 6.45) is 7.61. The zero-order valence-corrected chi connectivity index (χ0v) is 10.8. The van der Waals surface area contributed by atoms with Gasteiger partial charge in [-0.05, 0) is 55.8 Å². The maximum Gasteiger partial charge on any atom is 0.0516 e. The van der Waals surface area contributed by atoms with E-state index in [2.05, 4.69) is 34.3 Å². The van der Waals surface area contributed by atoms with E-state index in [1.54, 1.807) is 11.1 Å². The highest BCUT2D eigenvalue weighted by atomic mass is 15.0. The summed E-state index contributed by atoms with van der Waals surface area (Å²) < 4.78 is 2.47. The highest BCUT2D eigenvalue weighted by molar-refractivity contribution is 5.88. The van der Waals surface area contributed by atoms with Gasteiger partial charge in [0.1, 0.15) is 0 Å². The molecule has 4 rings (SSSR count). The van der Waals surface area contributed by atoms with E-state index in [4.69, 9.17) is 0 Å². The molecule has 1 unspecified atom stereocenters. The van der Waals surface area contributed by atoms with Crippen molar-refractivity contribution in [1.82, 2.24) is 9.88 Å². The third-order valence-corrected chi connectivity index (χ3v) is 4.59. The number of piperidine rings is 1. The number of para-hydroxylation sites is 1. The average Bonchev–Trinajstić information content (AvgIpc) is 2.97. The van der Waals surface area contributed by atoms with Crippen LogP contribution in [-0.2, 0) is 19.4 Å². The molecule has 1 fully saturated rings. The maximum atomic E-state index is 3.53. The lowest BCUT2D eigenvalue weighted by Crippen LogP contribution is -2.30. The summed E-state index contributed by atoms with van der Waals surface area (Å²) in [5.74, 6) is 0.834. The number of hydrogen-bond donors (Lipinski definition) is 1. The second-order valence-corrected chi connectivity index (χ2v) is 5.83. The van der Waals surface area contributed by atoms with Gasteiger partial charge in [-0.15, -0.1) is 0 Å². The van der Waals surface area contributed by atoms with Gasteiger partial charge in [0.15, 0.2) is 0 Å². The summed E-state index contributed by atoms with van der Waals surface area (Å²) in [5.41, 5.74) is 4.62. The highest BCUT2D eigenvalue weighted by Gasteiger charge is 2.20. The minimum atomic E-state index is 0.834. The van der Waals surface area contributed by atoms with E-state index in [0.717, 1.165) is 5.92 Å². The third kappa shape index (κ3) is 1.59. The first-order valence-electron chi connectivity index (χ1n) is 7.22. The SMILES string of the molecule is c1cc2c3c(c1)c(CC1CCCNC1)cn3CC2. The molecule has 0 spiro atoms. The standard InChI is InChI=1S/C16H20N2/c1-4-13-6-8-18-11-14(15(5-1)16(13)18)9-12-3-2-7-17-10-12/h1,4-5,11-12,17H,2-3,6-10H2. The molecule has 1 aromatic carbocycles. The first kappa shape index (κ1) is 10.6. The van der Waals surface area contributed by atoms with Crippen LogP contribution in [0.2, 0.25) is 0 Å². The lowest BCUT2D eigenvalue weighted by Gasteiger charge is -2.22.